The normalized spacial score (nSPS) is 15.2. The van der Waals surface area contributed by atoms with Crippen molar-refractivity contribution < 1.29 is 9.90 Å². The molecule has 0 saturated heterocycles. The van der Waals surface area contributed by atoms with E-state index in [2.05, 4.69) is 4.98 Å². The van der Waals surface area contributed by atoms with Gasteiger partial charge in [0.25, 0.3) is 5.56 Å². The van der Waals surface area contributed by atoms with Crippen molar-refractivity contribution in [3.05, 3.63) is 26.6 Å². The number of aromatic nitrogens is 2. The van der Waals surface area contributed by atoms with Crippen molar-refractivity contribution in [3.63, 3.8) is 0 Å². The zero-order chi connectivity index (χ0) is 13.6. The average Bonchev–Trinajstić information content (AvgIpc) is 2.56. The van der Waals surface area contributed by atoms with Crippen LogP contribution < -0.4 is 10.7 Å². The van der Waals surface area contributed by atoms with Crippen LogP contribution >= 0.6 is 11.3 Å². The van der Waals surface area contributed by atoms with Gasteiger partial charge in [-0.2, -0.15) is 0 Å². The van der Waals surface area contributed by atoms with E-state index in [-0.39, 0.29) is 10.4 Å². The molecule has 3 rings (SSSR count). The third-order valence-electron chi connectivity index (χ3n) is 3.60. The van der Waals surface area contributed by atoms with Crippen molar-refractivity contribution in [2.45, 2.75) is 39.2 Å². The van der Waals surface area contributed by atoms with E-state index in [9.17, 15) is 14.7 Å². The number of carbonyl (C=O) groups is 1. The molecule has 1 aliphatic rings. The molecule has 0 aliphatic carbocycles. The summed E-state index contributed by atoms with van der Waals surface area (Å²) in [6.07, 6.45) is 3.87. The van der Waals surface area contributed by atoms with Gasteiger partial charge in [0.05, 0.1) is 16.2 Å². The SMILES string of the molecule is Cc1c(C(=O)[O-])sc2nc3n(c(=O)c12)CCCCC3. The maximum atomic E-state index is 12.5. The van der Waals surface area contributed by atoms with Gasteiger partial charge in [-0.3, -0.25) is 9.36 Å². The van der Waals surface area contributed by atoms with E-state index in [0.717, 1.165) is 42.8 Å². The lowest BCUT2D eigenvalue weighted by Crippen LogP contribution is -2.25. The number of nitrogens with zero attached hydrogens (tertiary/aromatic N) is 2. The minimum Gasteiger partial charge on any atom is -0.544 e. The zero-order valence-electron chi connectivity index (χ0n) is 10.6. The molecule has 6 heteroatoms. The smallest absolute Gasteiger partial charge is 0.262 e. The Labute approximate surface area is 113 Å². The number of thiophene rings is 1. The molecule has 5 nitrogen and oxygen atoms in total. The van der Waals surface area contributed by atoms with Gasteiger partial charge in [0.1, 0.15) is 10.7 Å². The van der Waals surface area contributed by atoms with Crippen LogP contribution in [0.4, 0.5) is 0 Å². The summed E-state index contributed by atoms with van der Waals surface area (Å²) >= 11 is 1.04. The Hall–Kier alpha value is -1.69. The van der Waals surface area contributed by atoms with E-state index in [0.29, 0.717) is 22.3 Å². The van der Waals surface area contributed by atoms with Crippen LogP contribution in [-0.4, -0.2) is 15.5 Å². The van der Waals surface area contributed by atoms with Crippen LogP contribution in [0.25, 0.3) is 10.2 Å². The molecule has 0 amide bonds. The van der Waals surface area contributed by atoms with Gasteiger partial charge < -0.3 is 9.90 Å². The molecule has 0 atom stereocenters. The number of carboxylic acids is 1. The predicted octanol–water partition coefficient (Wildman–Crippen LogP) is 0.856. The number of carboxylic acid groups (broad SMARTS) is 1. The highest BCUT2D eigenvalue weighted by Crippen LogP contribution is 2.27. The van der Waals surface area contributed by atoms with E-state index in [1.54, 1.807) is 11.5 Å². The van der Waals surface area contributed by atoms with Crippen LogP contribution in [0.2, 0.25) is 0 Å². The molecule has 0 fully saturated rings. The third-order valence-corrected chi connectivity index (χ3v) is 4.76. The van der Waals surface area contributed by atoms with Gasteiger partial charge in [-0.05, 0) is 25.3 Å². The molecule has 0 spiro atoms. The molecule has 1 aliphatic heterocycles. The number of hydrogen-bond acceptors (Lipinski definition) is 5. The Balaban J connectivity index is 2.35. The molecule has 0 aromatic carbocycles. The summed E-state index contributed by atoms with van der Waals surface area (Å²) in [5, 5.41) is 11.5. The fourth-order valence-corrected chi connectivity index (χ4v) is 3.63. The van der Waals surface area contributed by atoms with Crippen molar-refractivity contribution >= 4 is 27.5 Å². The molecular formula is C13H13N2O3S-. The number of aryl methyl sites for hydroxylation is 2. The summed E-state index contributed by atoms with van der Waals surface area (Å²) in [5.41, 5.74) is 0.375. The second-order valence-corrected chi connectivity index (χ2v) is 5.82. The number of fused-ring (bicyclic) bond motifs is 2. The van der Waals surface area contributed by atoms with E-state index in [4.69, 9.17) is 0 Å². The standard InChI is InChI=1S/C13H14N2O3S/c1-7-9-11(19-10(7)13(17)18)14-8-5-3-2-4-6-15(8)12(9)16/h2-6H2,1H3,(H,17,18)/p-1. The van der Waals surface area contributed by atoms with E-state index < -0.39 is 5.97 Å². The number of carbonyl (C=O) groups excluding carboxylic acids is 1. The van der Waals surface area contributed by atoms with Gasteiger partial charge >= 0.3 is 0 Å². The Kier molecular flexibility index (Phi) is 2.89. The topological polar surface area (TPSA) is 75.0 Å². The Morgan fingerprint density at radius 2 is 2.16 bits per heavy atom. The van der Waals surface area contributed by atoms with Gasteiger partial charge in [-0.25, -0.2) is 4.98 Å². The number of aromatic carboxylic acids is 1. The van der Waals surface area contributed by atoms with Gasteiger partial charge in [-0.15, -0.1) is 11.3 Å². The molecule has 19 heavy (non-hydrogen) atoms. The lowest BCUT2D eigenvalue weighted by atomic mass is 10.2. The number of rotatable bonds is 1. The molecule has 0 N–H and O–H groups in total. The van der Waals surface area contributed by atoms with Crippen LogP contribution in [0.15, 0.2) is 4.79 Å². The summed E-state index contributed by atoms with van der Waals surface area (Å²) < 4.78 is 1.70. The second kappa shape index (κ2) is 4.45. The van der Waals surface area contributed by atoms with Crippen molar-refractivity contribution in [2.75, 3.05) is 0 Å². The van der Waals surface area contributed by atoms with Gasteiger partial charge in [0.2, 0.25) is 0 Å². The van der Waals surface area contributed by atoms with E-state index in [1.807, 2.05) is 0 Å². The monoisotopic (exact) mass is 277 g/mol. The third kappa shape index (κ3) is 1.87. The quantitative estimate of drug-likeness (QED) is 0.774. The Bertz CT molecular complexity index is 730. The zero-order valence-corrected chi connectivity index (χ0v) is 11.4. The first-order chi connectivity index (χ1) is 9.09. The minimum atomic E-state index is -1.24. The molecule has 0 radical (unpaired) electrons. The van der Waals surface area contributed by atoms with E-state index in [1.165, 1.54) is 0 Å². The first kappa shape index (κ1) is 12.3. The Morgan fingerprint density at radius 1 is 1.37 bits per heavy atom. The van der Waals surface area contributed by atoms with Gasteiger partial charge in [-0.1, -0.05) is 6.42 Å². The van der Waals surface area contributed by atoms with Crippen molar-refractivity contribution in [3.8, 4) is 0 Å². The molecule has 0 bridgehead atoms. The summed E-state index contributed by atoms with van der Waals surface area (Å²) in [6.45, 7) is 2.32. The highest BCUT2D eigenvalue weighted by Gasteiger charge is 2.19. The van der Waals surface area contributed by atoms with E-state index >= 15 is 0 Å². The first-order valence-electron chi connectivity index (χ1n) is 6.33. The molecule has 3 heterocycles. The lowest BCUT2D eigenvalue weighted by Gasteiger charge is -2.08. The largest absolute Gasteiger partial charge is 0.544 e. The minimum absolute atomic E-state index is 0.108. The van der Waals surface area contributed by atoms with Crippen molar-refractivity contribution in [1.82, 2.24) is 9.55 Å². The summed E-state index contributed by atoms with van der Waals surface area (Å²) in [4.78, 5) is 28.7. The highest BCUT2D eigenvalue weighted by molar-refractivity contribution is 7.20. The van der Waals surface area contributed by atoms with Gasteiger partial charge in [0.15, 0.2) is 0 Å². The Morgan fingerprint density at radius 3 is 2.89 bits per heavy atom. The number of hydrogen-bond donors (Lipinski definition) is 0. The van der Waals surface area contributed by atoms with Crippen LogP contribution in [0.3, 0.4) is 0 Å². The highest BCUT2D eigenvalue weighted by atomic mass is 32.1. The molecular weight excluding hydrogens is 264 g/mol. The molecule has 0 unspecified atom stereocenters. The van der Waals surface area contributed by atoms with Crippen LogP contribution in [0.5, 0.6) is 0 Å². The maximum Gasteiger partial charge on any atom is 0.262 e. The molecule has 100 valence electrons. The molecule has 0 saturated carbocycles. The average molecular weight is 277 g/mol. The fraction of sp³-hybridized carbons (Fsp3) is 0.462. The first-order valence-corrected chi connectivity index (χ1v) is 7.15. The second-order valence-electron chi connectivity index (χ2n) is 4.82. The lowest BCUT2D eigenvalue weighted by molar-refractivity contribution is -0.254. The summed E-state index contributed by atoms with van der Waals surface area (Å²) in [5.74, 6) is -0.457. The van der Waals surface area contributed by atoms with Crippen LogP contribution in [-0.2, 0) is 13.0 Å². The van der Waals surface area contributed by atoms with Gasteiger partial charge in [0, 0.05) is 13.0 Å². The fourth-order valence-electron chi connectivity index (χ4n) is 2.60. The van der Waals surface area contributed by atoms with Crippen molar-refractivity contribution in [2.24, 2.45) is 0 Å². The van der Waals surface area contributed by atoms with Crippen LogP contribution in [0.1, 0.15) is 40.3 Å². The summed E-state index contributed by atoms with van der Waals surface area (Å²) in [7, 11) is 0. The summed E-state index contributed by atoms with van der Waals surface area (Å²) in [6, 6.07) is 0. The van der Waals surface area contributed by atoms with Crippen molar-refractivity contribution in [1.29, 1.82) is 0 Å². The predicted molar refractivity (Wildman–Crippen MR) is 70.5 cm³/mol. The molecule has 2 aromatic heterocycles. The molecule has 2 aromatic rings. The maximum absolute atomic E-state index is 12.5. The van der Waals surface area contributed by atoms with Crippen LogP contribution in [0, 0.1) is 6.92 Å².